The first kappa shape index (κ1) is 16.4. The van der Waals surface area contributed by atoms with Crippen LogP contribution in [0.1, 0.15) is 30.0 Å². The molecule has 0 bridgehead atoms. The molecule has 1 aromatic carbocycles. The lowest BCUT2D eigenvalue weighted by Crippen LogP contribution is -2.34. The molecule has 1 aliphatic heterocycles. The van der Waals surface area contributed by atoms with E-state index in [1.54, 1.807) is 19.2 Å². The second kappa shape index (κ2) is 7.00. The van der Waals surface area contributed by atoms with Gasteiger partial charge in [0.1, 0.15) is 5.69 Å². The van der Waals surface area contributed by atoms with Crippen LogP contribution in [0.5, 0.6) is 0 Å². The molecule has 24 heavy (non-hydrogen) atoms. The van der Waals surface area contributed by atoms with Crippen LogP contribution in [-0.2, 0) is 6.54 Å². The maximum atomic E-state index is 11.4. The van der Waals surface area contributed by atoms with Crippen LogP contribution in [0, 0.1) is 17.0 Å². The van der Waals surface area contributed by atoms with Gasteiger partial charge in [0.25, 0.3) is 5.69 Å². The molecule has 7 nitrogen and oxygen atoms in total. The summed E-state index contributed by atoms with van der Waals surface area (Å²) in [4.78, 5) is 13.2. The zero-order valence-corrected chi connectivity index (χ0v) is 13.8. The van der Waals surface area contributed by atoms with E-state index in [1.807, 2.05) is 22.9 Å². The number of para-hydroxylation sites is 1. The van der Waals surface area contributed by atoms with Crippen molar-refractivity contribution in [1.82, 2.24) is 9.78 Å². The summed E-state index contributed by atoms with van der Waals surface area (Å²) >= 11 is 0. The van der Waals surface area contributed by atoms with Crippen LogP contribution in [0.4, 0.5) is 11.4 Å². The number of aryl methyl sites for hydroxylation is 1. The number of hydrogen-bond donors (Lipinski definition) is 1. The maximum Gasteiger partial charge on any atom is 0.295 e. The quantitative estimate of drug-likeness (QED) is 0.672. The van der Waals surface area contributed by atoms with Crippen LogP contribution in [0.2, 0.25) is 0 Å². The lowest BCUT2D eigenvalue weighted by Gasteiger charge is -2.33. The molecule has 1 aliphatic rings. The molecule has 0 saturated carbocycles. The fourth-order valence-electron chi connectivity index (χ4n) is 3.52. The Labute approximate surface area is 140 Å². The van der Waals surface area contributed by atoms with Crippen molar-refractivity contribution in [2.45, 2.75) is 32.2 Å². The maximum absolute atomic E-state index is 11.4. The second-order valence-electron chi connectivity index (χ2n) is 6.16. The van der Waals surface area contributed by atoms with Crippen LogP contribution in [0.15, 0.2) is 30.5 Å². The Kier molecular flexibility index (Phi) is 4.80. The average Bonchev–Trinajstić information content (AvgIpc) is 3.03. The third-order valence-electron chi connectivity index (χ3n) is 4.71. The molecule has 1 saturated heterocycles. The highest BCUT2D eigenvalue weighted by atomic mass is 16.6. The molecule has 1 fully saturated rings. The van der Waals surface area contributed by atoms with Crippen molar-refractivity contribution < 1.29 is 10.0 Å². The van der Waals surface area contributed by atoms with Crippen molar-refractivity contribution in [2.24, 2.45) is 0 Å². The summed E-state index contributed by atoms with van der Waals surface area (Å²) in [6.45, 7) is 3.91. The molecule has 0 aliphatic carbocycles. The summed E-state index contributed by atoms with van der Waals surface area (Å²) in [5, 5.41) is 24.8. The van der Waals surface area contributed by atoms with Crippen LogP contribution in [0.25, 0.3) is 0 Å². The van der Waals surface area contributed by atoms with Gasteiger partial charge in [0, 0.05) is 36.5 Å². The highest BCUT2D eigenvalue weighted by Crippen LogP contribution is 2.36. The number of nitro groups is 1. The first-order valence-corrected chi connectivity index (χ1v) is 8.23. The zero-order valence-electron chi connectivity index (χ0n) is 13.8. The van der Waals surface area contributed by atoms with Gasteiger partial charge in [-0.15, -0.1) is 0 Å². The fourth-order valence-corrected chi connectivity index (χ4v) is 3.52. The molecule has 0 amide bonds. The number of aliphatic hydroxyl groups excluding tert-OH is 1. The molecule has 1 aromatic heterocycles. The molecule has 2 heterocycles. The monoisotopic (exact) mass is 330 g/mol. The Balaban J connectivity index is 1.75. The predicted molar refractivity (Wildman–Crippen MR) is 91.3 cm³/mol. The fraction of sp³-hybridized carbons (Fsp3) is 0.471. The van der Waals surface area contributed by atoms with E-state index >= 15 is 0 Å². The molecular formula is C17H22N4O3. The molecule has 0 unspecified atom stereocenters. The highest BCUT2D eigenvalue weighted by Gasteiger charge is 2.27. The Hall–Kier alpha value is -2.41. The van der Waals surface area contributed by atoms with Gasteiger partial charge >= 0.3 is 0 Å². The number of aromatic nitrogens is 2. The van der Waals surface area contributed by atoms with E-state index < -0.39 is 0 Å². The van der Waals surface area contributed by atoms with Crippen LogP contribution in [0.3, 0.4) is 0 Å². The Bertz CT molecular complexity index is 720. The molecule has 1 N–H and O–H groups in total. The molecule has 7 heteroatoms. The van der Waals surface area contributed by atoms with Crippen molar-refractivity contribution in [2.75, 3.05) is 24.6 Å². The Morgan fingerprint density at radius 2 is 2.08 bits per heavy atom. The van der Waals surface area contributed by atoms with Gasteiger partial charge in [0.05, 0.1) is 18.1 Å². The first-order valence-electron chi connectivity index (χ1n) is 8.23. The number of anilines is 1. The van der Waals surface area contributed by atoms with Crippen molar-refractivity contribution in [3.8, 4) is 0 Å². The van der Waals surface area contributed by atoms with E-state index in [4.69, 9.17) is 5.11 Å². The summed E-state index contributed by atoms with van der Waals surface area (Å²) in [6.07, 6.45) is 3.60. The summed E-state index contributed by atoms with van der Waals surface area (Å²) in [5.74, 6) is 0.374. The average molecular weight is 330 g/mol. The van der Waals surface area contributed by atoms with Gasteiger partial charge in [-0.05, 0) is 31.9 Å². The number of nitro benzene ring substituents is 1. The Morgan fingerprint density at radius 1 is 1.33 bits per heavy atom. The summed E-state index contributed by atoms with van der Waals surface area (Å²) in [7, 11) is 0. The van der Waals surface area contributed by atoms with Gasteiger partial charge in [0.2, 0.25) is 0 Å². The van der Waals surface area contributed by atoms with Crippen molar-refractivity contribution in [3.63, 3.8) is 0 Å². The number of rotatable bonds is 5. The van der Waals surface area contributed by atoms with Gasteiger partial charge < -0.3 is 10.0 Å². The van der Waals surface area contributed by atoms with Gasteiger partial charge in [-0.3, -0.25) is 14.8 Å². The van der Waals surface area contributed by atoms with Crippen molar-refractivity contribution >= 4 is 11.4 Å². The van der Waals surface area contributed by atoms with E-state index in [0.29, 0.717) is 23.7 Å². The standard InChI is InChI=1S/C17H22N4O3/c1-13-3-2-4-16(17(13)21(23)24)19-9-6-14(7-10-19)15-5-8-18-20(15)11-12-22/h2-5,8,14,22H,6-7,9-12H2,1H3. The highest BCUT2D eigenvalue weighted by molar-refractivity contribution is 5.66. The molecule has 3 rings (SSSR count). The molecule has 0 radical (unpaired) electrons. The lowest BCUT2D eigenvalue weighted by atomic mass is 9.93. The topological polar surface area (TPSA) is 84.4 Å². The van der Waals surface area contributed by atoms with E-state index in [0.717, 1.165) is 31.6 Å². The van der Waals surface area contributed by atoms with Crippen LogP contribution in [-0.4, -0.2) is 39.5 Å². The third-order valence-corrected chi connectivity index (χ3v) is 4.71. The smallest absolute Gasteiger partial charge is 0.295 e. The van der Waals surface area contributed by atoms with Gasteiger partial charge in [-0.25, -0.2) is 0 Å². The normalized spacial score (nSPS) is 15.7. The largest absolute Gasteiger partial charge is 0.394 e. The number of nitrogens with zero attached hydrogens (tertiary/aromatic N) is 4. The lowest BCUT2D eigenvalue weighted by molar-refractivity contribution is -0.384. The SMILES string of the molecule is Cc1cccc(N2CCC(c3ccnn3CCO)CC2)c1[N+](=O)[O-]. The molecule has 0 atom stereocenters. The summed E-state index contributed by atoms with van der Waals surface area (Å²) in [5.41, 5.74) is 2.76. The number of aliphatic hydroxyl groups is 1. The third kappa shape index (κ3) is 3.12. The van der Waals surface area contributed by atoms with Crippen LogP contribution >= 0.6 is 0 Å². The Morgan fingerprint density at radius 3 is 2.75 bits per heavy atom. The minimum atomic E-state index is -0.285. The predicted octanol–water partition coefficient (Wildman–Crippen LogP) is 2.48. The molecule has 2 aromatic rings. The molecule has 0 spiro atoms. The number of piperidine rings is 1. The minimum Gasteiger partial charge on any atom is -0.394 e. The number of benzene rings is 1. The van der Waals surface area contributed by atoms with E-state index in [2.05, 4.69) is 10.00 Å². The van der Waals surface area contributed by atoms with Gasteiger partial charge in [0.15, 0.2) is 0 Å². The first-order chi connectivity index (χ1) is 11.6. The summed E-state index contributed by atoms with van der Waals surface area (Å²) in [6, 6.07) is 7.49. The summed E-state index contributed by atoms with van der Waals surface area (Å²) < 4.78 is 1.86. The second-order valence-corrected chi connectivity index (χ2v) is 6.16. The minimum absolute atomic E-state index is 0.0724. The van der Waals surface area contributed by atoms with E-state index in [1.165, 1.54) is 0 Å². The molecular weight excluding hydrogens is 308 g/mol. The zero-order chi connectivity index (χ0) is 17.1. The van der Waals surface area contributed by atoms with Gasteiger partial charge in [-0.2, -0.15) is 5.10 Å². The van der Waals surface area contributed by atoms with E-state index in [9.17, 15) is 10.1 Å². The number of hydrogen-bond acceptors (Lipinski definition) is 5. The van der Waals surface area contributed by atoms with Gasteiger partial charge in [-0.1, -0.05) is 12.1 Å². The van der Waals surface area contributed by atoms with Crippen LogP contribution < -0.4 is 4.90 Å². The van der Waals surface area contributed by atoms with E-state index in [-0.39, 0.29) is 17.2 Å². The van der Waals surface area contributed by atoms with Crippen molar-refractivity contribution in [3.05, 3.63) is 51.8 Å². The molecule has 128 valence electrons. The van der Waals surface area contributed by atoms with Crippen molar-refractivity contribution in [1.29, 1.82) is 0 Å².